The normalized spacial score (nSPS) is 11.1. The molecular weight excluding hydrogens is 190 g/mol. The highest BCUT2D eigenvalue weighted by Crippen LogP contribution is 1.92. The van der Waals surface area contributed by atoms with Crippen molar-refractivity contribution >= 4 is 12.1 Å². The van der Waals surface area contributed by atoms with Crippen molar-refractivity contribution in [2.45, 2.75) is 6.92 Å². The van der Waals surface area contributed by atoms with Gasteiger partial charge < -0.3 is 0 Å². The predicted octanol–water partition coefficient (Wildman–Crippen LogP) is 0.803. The number of amides is 1. The van der Waals surface area contributed by atoms with Crippen molar-refractivity contribution < 1.29 is 9.36 Å². The van der Waals surface area contributed by atoms with E-state index in [1.807, 2.05) is 36.9 Å². The molecule has 1 rings (SSSR count). The summed E-state index contributed by atoms with van der Waals surface area (Å²) in [6.45, 7) is 1.88. The molecule has 15 heavy (non-hydrogen) atoms. The van der Waals surface area contributed by atoms with Gasteiger partial charge in [0, 0.05) is 12.3 Å². The molecule has 1 aromatic rings. The lowest BCUT2D eigenvalue weighted by Gasteiger charge is -1.96. The van der Waals surface area contributed by atoms with Crippen molar-refractivity contribution in [3.63, 3.8) is 0 Å². The quantitative estimate of drug-likeness (QED) is 0.442. The number of nitrogens with one attached hydrogen (secondary N) is 1. The molecule has 1 amide bonds. The summed E-state index contributed by atoms with van der Waals surface area (Å²) < 4.78 is 1.81. The smallest absolute Gasteiger partial charge is 0.267 e. The van der Waals surface area contributed by atoms with Gasteiger partial charge in [-0.25, -0.2) is 9.99 Å². The Morgan fingerprint density at radius 1 is 1.60 bits per heavy atom. The van der Waals surface area contributed by atoms with E-state index in [9.17, 15) is 4.79 Å². The fourth-order valence-electron chi connectivity index (χ4n) is 1.01. The molecule has 0 aliphatic rings. The lowest BCUT2D eigenvalue weighted by molar-refractivity contribution is -0.671. The van der Waals surface area contributed by atoms with Crippen LogP contribution in [0.5, 0.6) is 0 Å². The first-order chi connectivity index (χ1) is 7.24. The van der Waals surface area contributed by atoms with Gasteiger partial charge in [-0.15, -0.1) is 0 Å². The Balaban J connectivity index is 2.61. The maximum atomic E-state index is 11.5. The van der Waals surface area contributed by atoms with Gasteiger partial charge in [0.05, 0.1) is 0 Å². The van der Waals surface area contributed by atoms with Gasteiger partial charge in [-0.05, 0) is 19.1 Å². The van der Waals surface area contributed by atoms with Crippen molar-refractivity contribution in [3.8, 4) is 0 Å². The van der Waals surface area contributed by atoms with E-state index in [1.54, 1.807) is 18.3 Å². The first kappa shape index (κ1) is 11.1. The molecule has 0 saturated carbocycles. The Bertz CT molecular complexity index is 397. The molecule has 1 heterocycles. The molecule has 4 heteroatoms. The van der Waals surface area contributed by atoms with E-state index < -0.39 is 0 Å². The van der Waals surface area contributed by atoms with Gasteiger partial charge in [0.25, 0.3) is 5.91 Å². The zero-order chi connectivity index (χ0) is 11.1. The highest BCUT2D eigenvalue weighted by atomic mass is 16.2. The van der Waals surface area contributed by atoms with E-state index in [4.69, 9.17) is 0 Å². The minimum atomic E-state index is -0.216. The average molecular weight is 204 g/mol. The minimum Gasteiger partial charge on any atom is -0.267 e. The van der Waals surface area contributed by atoms with E-state index in [-0.39, 0.29) is 5.91 Å². The van der Waals surface area contributed by atoms with Crippen LogP contribution in [-0.4, -0.2) is 12.1 Å². The molecule has 0 radical (unpaired) electrons. The number of carbonyl (C=O) groups excluding carboxylic acids is 1. The summed E-state index contributed by atoms with van der Waals surface area (Å²) >= 11 is 0. The van der Waals surface area contributed by atoms with Gasteiger partial charge in [-0.3, -0.25) is 4.79 Å². The molecule has 0 fully saturated rings. The molecule has 4 nitrogen and oxygen atoms in total. The van der Waals surface area contributed by atoms with Gasteiger partial charge in [-0.2, -0.15) is 5.10 Å². The fraction of sp³-hybridized carbons (Fsp3) is 0.182. The van der Waals surface area contributed by atoms with Crippen molar-refractivity contribution in [1.82, 2.24) is 5.43 Å². The fourth-order valence-corrected chi connectivity index (χ4v) is 1.01. The van der Waals surface area contributed by atoms with Crippen LogP contribution in [-0.2, 0) is 7.05 Å². The van der Waals surface area contributed by atoms with Crippen molar-refractivity contribution in [2.24, 2.45) is 12.1 Å². The van der Waals surface area contributed by atoms with Crippen molar-refractivity contribution in [2.75, 3.05) is 0 Å². The van der Waals surface area contributed by atoms with Crippen LogP contribution >= 0.6 is 0 Å². The third kappa shape index (κ3) is 3.72. The number of hydrazone groups is 1. The largest absolute Gasteiger partial charge is 0.277 e. The van der Waals surface area contributed by atoms with Gasteiger partial charge in [0.1, 0.15) is 12.6 Å². The van der Waals surface area contributed by atoms with Crippen LogP contribution in [0.15, 0.2) is 41.8 Å². The maximum absolute atomic E-state index is 11.5. The van der Waals surface area contributed by atoms with E-state index in [0.29, 0.717) is 5.56 Å². The molecular formula is C11H14N3O+. The number of aromatic nitrogens is 1. The van der Waals surface area contributed by atoms with E-state index in [2.05, 4.69) is 10.5 Å². The van der Waals surface area contributed by atoms with Crippen molar-refractivity contribution in [1.29, 1.82) is 0 Å². The first-order valence-corrected chi connectivity index (χ1v) is 4.64. The summed E-state index contributed by atoms with van der Waals surface area (Å²) in [4.78, 5) is 11.5. The maximum Gasteiger partial charge on any atom is 0.277 e. The number of pyridine rings is 1. The Labute approximate surface area is 88.9 Å². The van der Waals surface area contributed by atoms with E-state index in [1.165, 1.54) is 6.21 Å². The highest BCUT2D eigenvalue weighted by molar-refractivity contribution is 5.93. The zero-order valence-electron chi connectivity index (χ0n) is 8.84. The average Bonchev–Trinajstić information content (AvgIpc) is 2.24. The monoisotopic (exact) mass is 204 g/mol. The van der Waals surface area contributed by atoms with E-state index in [0.717, 1.165) is 0 Å². The van der Waals surface area contributed by atoms with Gasteiger partial charge in [-0.1, -0.05) is 6.08 Å². The Morgan fingerprint density at radius 3 is 3.07 bits per heavy atom. The Kier molecular flexibility index (Phi) is 4.22. The number of carbonyl (C=O) groups is 1. The lowest BCUT2D eigenvalue weighted by atomic mass is 10.3. The third-order valence-electron chi connectivity index (χ3n) is 1.72. The van der Waals surface area contributed by atoms with Gasteiger partial charge in [0.2, 0.25) is 0 Å². The summed E-state index contributed by atoms with van der Waals surface area (Å²) in [5.74, 6) is -0.216. The summed E-state index contributed by atoms with van der Waals surface area (Å²) in [5.41, 5.74) is 3.01. The molecule has 0 bridgehead atoms. The first-order valence-electron chi connectivity index (χ1n) is 4.64. The summed E-state index contributed by atoms with van der Waals surface area (Å²) in [5, 5.41) is 3.75. The molecule has 0 aromatic carbocycles. The van der Waals surface area contributed by atoms with Crippen molar-refractivity contribution in [3.05, 3.63) is 42.2 Å². The molecule has 1 N–H and O–H groups in total. The zero-order valence-corrected chi connectivity index (χ0v) is 8.84. The second-order valence-electron chi connectivity index (χ2n) is 3.00. The SMILES string of the molecule is CC=CC=NNC(=O)c1ccc[n+](C)c1. The van der Waals surface area contributed by atoms with Crippen LogP contribution in [0.3, 0.4) is 0 Å². The van der Waals surface area contributed by atoms with Crippen LogP contribution in [0.1, 0.15) is 17.3 Å². The molecule has 0 unspecified atom stereocenters. The van der Waals surface area contributed by atoms with E-state index >= 15 is 0 Å². The third-order valence-corrected chi connectivity index (χ3v) is 1.72. The molecule has 0 saturated heterocycles. The molecule has 0 atom stereocenters. The number of aryl methyl sites for hydroxylation is 1. The van der Waals surface area contributed by atoms with Gasteiger partial charge >= 0.3 is 0 Å². The second-order valence-corrected chi connectivity index (χ2v) is 3.00. The van der Waals surface area contributed by atoms with Crippen LogP contribution in [0.4, 0.5) is 0 Å². The molecule has 0 spiro atoms. The second kappa shape index (κ2) is 5.70. The number of nitrogens with zero attached hydrogens (tertiary/aromatic N) is 2. The van der Waals surface area contributed by atoms with Gasteiger partial charge in [0.15, 0.2) is 12.4 Å². The predicted molar refractivity (Wildman–Crippen MR) is 58.4 cm³/mol. The lowest BCUT2D eigenvalue weighted by Crippen LogP contribution is -2.29. The van der Waals surface area contributed by atoms with Crippen LogP contribution in [0, 0.1) is 0 Å². The topological polar surface area (TPSA) is 45.3 Å². The Hall–Kier alpha value is -1.97. The summed E-state index contributed by atoms with van der Waals surface area (Å²) in [6, 6.07) is 3.55. The molecule has 78 valence electrons. The van der Waals surface area contributed by atoms with Crippen LogP contribution in [0.2, 0.25) is 0 Å². The Morgan fingerprint density at radius 2 is 2.40 bits per heavy atom. The number of rotatable bonds is 3. The highest BCUT2D eigenvalue weighted by Gasteiger charge is 2.06. The number of allylic oxidation sites excluding steroid dienone is 2. The summed E-state index contributed by atoms with van der Waals surface area (Å²) in [7, 11) is 1.86. The summed E-state index contributed by atoms with van der Waals surface area (Å²) in [6.07, 6.45) is 8.70. The van der Waals surface area contributed by atoms with Crippen LogP contribution in [0.25, 0.3) is 0 Å². The molecule has 0 aliphatic heterocycles. The number of hydrogen-bond acceptors (Lipinski definition) is 2. The van der Waals surface area contributed by atoms with Crippen LogP contribution < -0.4 is 9.99 Å². The number of hydrogen-bond donors (Lipinski definition) is 1. The molecule has 1 aromatic heterocycles. The minimum absolute atomic E-state index is 0.216. The molecule has 0 aliphatic carbocycles. The standard InChI is InChI=1S/C11H13N3O/c1-3-4-7-12-13-11(15)10-6-5-8-14(2)9-10/h3-9H,1-2H3/p+1.